The number of rotatable bonds is 13. The highest BCUT2D eigenvalue weighted by Gasteiger charge is 2.29. The van der Waals surface area contributed by atoms with Crippen molar-refractivity contribution in [3.8, 4) is 0 Å². The van der Waals surface area contributed by atoms with Gasteiger partial charge in [0.25, 0.3) is 0 Å². The average Bonchev–Trinajstić information content (AvgIpc) is 2.82. The van der Waals surface area contributed by atoms with Gasteiger partial charge in [0.1, 0.15) is 6.04 Å². The van der Waals surface area contributed by atoms with E-state index in [2.05, 4.69) is 5.32 Å². The number of hydrogen-bond acceptors (Lipinski definition) is 4. The second kappa shape index (κ2) is 13.5. The summed E-state index contributed by atoms with van der Waals surface area (Å²) in [5.74, 6) is -2.90. The van der Waals surface area contributed by atoms with E-state index in [1.807, 2.05) is 6.92 Å². The number of hydrogen-bond donors (Lipinski definition) is 1. The summed E-state index contributed by atoms with van der Waals surface area (Å²) in [6.45, 7) is 4.18. The normalized spacial score (nSPS) is 12.2. The molecule has 0 radical (unpaired) electrons. The van der Waals surface area contributed by atoms with Crippen molar-refractivity contribution in [2.24, 2.45) is 0 Å². The molecule has 1 N–H and O–H groups in total. The van der Waals surface area contributed by atoms with Crippen molar-refractivity contribution in [2.75, 3.05) is 23.7 Å². The number of sulfonamides is 1. The van der Waals surface area contributed by atoms with E-state index < -0.39 is 27.7 Å². The standard InChI is InChI=1S/C25H32ClF2N3O4S/c1-4-14-29-25(33)23(5-2)30(17-18-9-6-7-10-20(18)26)24(32)11-8-15-31(36(3,34)35)19-12-13-21(27)22(28)16-19/h6-7,9-10,12-13,16,23H,4-5,8,11,14-15,17H2,1-3H3,(H,29,33)/t23-/m1/s1. The zero-order chi connectivity index (χ0) is 26.9. The van der Waals surface area contributed by atoms with E-state index in [0.29, 0.717) is 23.6 Å². The summed E-state index contributed by atoms with van der Waals surface area (Å²) in [4.78, 5) is 27.6. The van der Waals surface area contributed by atoms with Gasteiger partial charge < -0.3 is 10.2 Å². The van der Waals surface area contributed by atoms with Crippen molar-refractivity contribution < 1.29 is 26.8 Å². The number of carbonyl (C=O) groups excluding carboxylic acids is 2. The van der Waals surface area contributed by atoms with E-state index in [1.54, 1.807) is 31.2 Å². The fourth-order valence-corrected chi connectivity index (χ4v) is 4.89. The summed E-state index contributed by atoms with van der Waals surface area (Å²) in [5, 5.41) is 3.28. The molecule has 1 atom stereocenters. The Morgan fingerprint density at radius 3 is 2.36 bits per heavy atom. The highest BCUT2D eigenvalue weighted by atomic mass is 35.5. The number of anilines is 1. The van der Waals surface area contributed by atoms with Crippen molar-refractivity contribution in [1.82, 2.24) is 10.2 Å². The number of benzene rings is 2. The average molecular weight is 544 g/mol. The lowest BCUT2D eigenvalue weighted by molar-refractivity contribution is -0.141. The van der Waals surface area contributed by atoms with Gasteiger partial charge in [-0.3, -0.25) is 13.9 Å². The fourth-order valence-electron chi connectivity index (χ4n) is 3.74. The molecule has 7 nitrogen and oxygen atoms in total. The molecule has 0 fully saturated rings. The summed E-state index contributed by atoms with van der Waals surface area (Å²) < 4.78 is 52.6. The molecule has 0 aliphatic heterocycles. The van der Waals surface area contributed by atoms with Gasteiger partial charge in [0, 0.05) is 37.1 Å². The monoisotopic (exact) mass is 543 g/mol. The molecule has 0 saturated carbocycles. The van der Waals surface area contributed by atoms with Gasteiger partial charge in [-0.15, -0.1) is 0 Å². The smallest absolute Gasteiger partial charge is 0.242 e. The van der Waals surface area contributed by atoms with E-state index >= 15 is 0 Å². The maximum absolute atomic E-state index is 13.7. The van der Waals surface area contributed by atoms with Crippen LogP contribution in [-0.2, 0) is 26.2 Å². The Morgan fingerprint density at radius 2 is 1.78 bits per heavy atom. The highest BCUT2D eigenvalue weighted by molar-refractivity contribution is 7.92. The molecule has 198 valence electrons. The maximum Gasteiger partial charge on any atom is 0.242 e. The second-order valence-electron chi connectivity index (χ2n) is 8.37. The first kappa shape index (κ1) is 29.5. The minimum atomic E-state index is -3.83. The molecule has 0 spiro atoms. The zero-order valence-electron chi connectivity index (χ0n) is 20.6. The molecule has 0 aromatic heterocycles. The van der Waals surface area contributed by atoms with Gasteiger partial charge in [-0.25, -0.2) is 17.2 Å². The SMILES string of the molecule is CCCNC(=O)[C@@H](CC)N(Cc1ccccc1Cl)C(=O)CCCN(c1ccc(F)c(F)c1)S(C)(=O)=O. The lowest BCUT2D eigenvalue weighted by atomic mass is 10.1. The number of carbonyl (C=O) groups is 2. The maximum atomic E-state index is 13.7. The van der Waals surface area contributed by atoms with Crippen LogP contribution in [0.4, 0.5) is 14.5 Å². The summed E-state index contributed by atoms with van der Waals surface area (Å²) in [5.41, 5.74) is 0.635. The van der Waals surface area contributed by atoms with Crippen LogP contribution in [0.5, 0.6) is 0 Å². The van der Waals surface area contributed by atoms with Gasteiger partial charge in [0.2, 0.25) is 21.8 Å². The Morgan fingerprint density at radius 1 is 1.08 bits per heavy atom. The highest BCUT2D eigenvalue weighted by Crippen LogP contribution is 2.23. The van der Waals surface area contributed by atoms with Crippen LogP contribution in [0, 0.1) is 11.6 Å². The van der Waals surface area contributed by atoms with E-state index in [4.69, 9.17) is 11.6 Å². The first-order valence-electron chi connectivity index (χ1n) is 11.7. The number of amides is 2. The molecule has 0 saturated heterocycles. The van der Waals surface area contributed by atoms with E-state index in [1.165, 1.54) is 4.90 Å². The summed E-state index contributed by atoms with van der Waals surface area (Å²) >= 11 is 6.30. The molecule has 0 bridgehead atoms. The van der Waals surface area contributed by atoms with Crippen molar-refractivity contribution in [1.29, 1.82) is 0 Å². The molecule has 2 amide bonds. The molecule has 0 aliphatic rings. The Labute approximate surface area is 216 Å². The number of nitrogens with one attached hydrogen (secondary N) is 1. The summed E-state index contributed by atoms with van der Waals surface area (Å²) in [6, 6.07) is 9.09. The van der Waals surface area contributed by atoms with Crippen LogP contribution in [0.2, 0.25) is 5.02 Å². The van der Waals surface area contributed by atoms with Crippen LogP contribution in [0.15, 0.2) is 42.5 Å². The van der Waals surface area contributed by atoms with Gasteiger partial charge in [0.05, 0.1) is 11.9 Å². The summed E-state index contributed by atoms with van der Waals surface area (Å²) in [7, 11) is -3.83. The van der Waals surface area contributed by atoms with Crippen molar-refractivity contribution in [3.05, 3.63) is 64.7 Å². The predicted octanol–water partition coefficient (Wildman–Crippen LogP) is 4.50. The molecular formula is C25H32ClF2N3O4S. The van der Waals surface area contributed by atoms with Crippen LogP contribution >= 0.6 is 11.6 Å². The first-order valence-corrected chi connectivity index (χ1v) is 14.0. The molecule has 11 heteroatoms. The molecule has 0 heterocycles. The Kier molecular flexibility index (Phi) is 11.1. The first-order chi connectivity index (χ1) is 17.0. The van der Waals surface area contributed by atoms with Crippen LogP contribution in [0.25, 0.3) is 0 Å². The Bertz CT molecular complexity index is 1160. The minimum absolute atomic E-state index is 0.0397. The lowest BCUT2D eigenvalue weighted by Crippen LogP contribution is -2.49. The van der Waals surface area contributed by atoms with Crippen LogP contribution in [-0.4, -0.2) is 50.5 Å². The molecule has 36 heavy (non-hydrogen) atoms. The van der Waals surface area contributed by atoms with Gasteiger partial charge in [-0.2, -0.15) is 0 Å². The quantitative estimate of drug-likeness (QED) is 0.403. The number of nitrogens with zero attached hydrogens (tertiary/aromatic N) is 2. The Hall–Kier alpha value is -2.72. The van der Waals surface area contributed by atoms with Crippen LogP contribution in [0.1, 0.15) is 45.1 Å². The lowest BCUT2D eigenvalue weighted by Gasteiger charge is -2.31. The van der Waals surface area contributed by atoms with E-state index in [0.717, 1.165) is 35.2 Å². The molecule has 2 rings (SSSR count). The van der Waals surface area contributed by atoms with Gasteiger partial charge in [-0.05, 0) is 43.0 Å². The molecular weight excluding hydrogens is 512 g/mol. The van der Waals surface area contributed by atoms with Crippen molar-refractivity contribution in [2.45, 2.75) is 52.1 Å². The Balaban J connectivity index is 2.23. The van der Waals surface area contributed by atoms with E-state index in [-0.39, 0.29) is 43.4 Å². The topological polar surface area (TPSA) is 86.8 Å². The molecule has 2 aromatic carbocycles. The molecule has 0 unspecified atom stereocenters. The summed E-state index contributed by atoms with van der Waals surface area (Å²) in [6.07, 6.45) is 2.08. The van der Waals surface area contributed by atoms with Gasteiger partial charge in [-0.1, -0.05) is 43.6 Å². The van der Waals surface area contributed by atoms with Crippen LogP contribution in [0.3, 0.4) is 0 Å². The third-order valence-electron chi connectivity index (χ3n) is 5.58. The van der Waals surface area contributed by atoms with Crippen molar-refractivity contribution in [3.63, 3.8) is 0 Å². The fraction of sp³-hybridized carbons (Fsp3) is 0.440. The largest absolute Gasteiger partial charge is 0.354 e. The van der Waals surface area contributed by atoms with E-state index in [9.17, 15) is 26.8 Å². The number of halogens is 3. The second-order valence-corrected chi connectivity index (χ2v) is 10.7. The molecule has 2 aromatic rings. The van der Waals surface area contributed by atoms with Gasteiger partial charge >= 0.3 is 0 Å². The third kappa shape index (κ3) is 8.16. The minimum Gasteiger partial charge on any atom is -0.354 e. The predicted molar refractivity (Wildman–Crippen MR) is 137 cm³/mol. The zero-order valence-corrected chi connectivity index (χ0v) is 22.2. The molecule has 0 aliphatic carbocycles. The third-order valence-corrected chi connectivity index (χ3v) is 7.14. The van der Waals surface area contributed by atoms with Crippen LogP contribution < -0.4 is 9.62 Å². The van der Waals surface area contributed by atoms with Crippen molar-refractivity contribution >= 4 is 39.1 Å². The van der Waals surface area contributed by atoms with Gasteiger partial charge in [0.15, 0.2) is 11.6 Å².